The van der Waals surface area contributed by atoms with Crippen molar-refractivity contribution in [2.24, 2.45) is 5.92 Å². The molecule has 2 aliphatic heterocycles. The minimum Gasteiger partial charge on any atom is -0.342 e. The van der Waals surface area contributed by atoms with Crippen LogP contribution in [-0.4, -0.2) is 47.8 Å². The van der Waals surface area contributed by atoms with E-state index >= 15 is 0 Å². The van der Waals surface area contributed by atoms with Crippen LogP contribution >= 0.6 is 15.9 Å². The van der Waals surface area contributed by atoms with Crippen LogP contribution in [-0.2, 0) is 11.3 Å². The number of carbonyl (C=O) groups excluding carboxylic acids is 1. The van der Waals surface area contributed by atoms with Crippen LogP contribution in [0.25, 0.3) is 0 Å². The highest BCUT2D eigenvalue weighted by atomic mass is 79.9. The van der Waals surface area contributed by atoms with Crippen molar-refractivity contribution in [3.63, 3.8) is 0 Å². The van der Waals surface area contributed by atoms with Gasteiger partial charge in [-0.1, -0.05) is 28.1 Å². The number of hydrogen-bond donors (Lipinski definition) is 0. The standard InChI is InChI=1S/C18H23BrF2N2O/c19-16-5-1-3-14(11-16)12-22-8-2-4-15(13-22)17(24)23-9-6-18(20,21)7-10-23/h1,3,5,11,15H,2,4,6-10,12-13H2. The van der Waals surface area contributed by atoms with Crippen molar-refractivity contribution in [2.45, 2.75) is 38.2 Å². The van der Waals surface area contributed by atoms with Crippen molar-refractivity contribution < 1.29 is 13.6 Å². The van der Waals surface area contributed by atoms with Gasteiger partial charge in [0.05, 0.1) is 5.92 Å². The zero-order valence-corrected chi connectivity index (χ0v) is 15.3. The van der Waals surface area contributed by atoms with Crippen LogP contribution in [0.1, 0.15) is 31.2 Å². The van der Waals surface area contributed by atoms with Crippen molar-refractivity contribution in [1.82, 2.24) is 9.80 Å². The van der Waals surface area contributed by atoms with Gasteiger partial charge in [-0.25, -0.2) is 8.78 Å². The molecule has 2 heterocycles. The lowest BCUT2D eigenvalue weighted by atomic mass is 9.94. The SMILES string of the molecule is O=C(C1CCCN(Cc2cccc(Br)c2)C1)N1CCC(F)(F)CC1. The van der Waals surface area contributed by atoms with E-state index in [1.165, 1.54) is 5.56 Å². The number of rotatable bonds is 3. The summed E-state index contributed by atoms with van der Waals surface area (Å²) >= 11 is 3.48. The molecule has 1 unspecified atom stereocenters. The monoisotopic (exact) mass is 400 g/mol. The van der Waals surface area contributed by atoms with Gasteiger partial charge in [0.1, 0.15) is 0 Å². The summed E-state index contributed by atoms with van der Waals surface area (Å²) in [5.74, 6) is -2.60. The number of hydrogen-bond acceptors (Lipinski definition) is 2. The molecule has 3 rings (SSSR count). The number of alkyl halides is 2. The van der Waals surface area contributed by atoms with Gasteiger partial charge in [0.15, 0.2) is 0 Å². The van der Waals surface area contributed by atoms with Crippen LogP contribution < -0.4 is 0 Å². The van der Waals surface area contributed by atoms with E-state index in [9.17, 15) is 13.6 Å². The van der Waals surface area contributed by atoms with Gasteiger partial charge in [-0.3, -0.25) is 9.69 Å². The zero-order valence-electron chi connectivity index (χ0n) is 13.7. The number of nitrogens with zero attached hydrogens (tertiary/aromatic N) is 2. The average molecular weight is 401 g/mol. The zero-order chi connectivity index (χ0) is 17.2. The van der Waals surface area contributed by atoms with Gasteiger partial charge in [-0.15, -0.1) is 0 Å². The number of carbonyl (C=O) groups is 1. The molecule has 1 aromatic rings. The van der Waals surface area contributed by atoms with E-state index in [4.69, 9.17) is 0 Å². The van der Waals surface area contributed by atoms with Crippen LogP contribution in [0.15, 0.2) is 28.7 Å². The number of halogens is 3. The summed E-state index contributed by atoms with van der Waals surface area (Å²) < 4.78 is 27.6. The minimum atomic E-state index is -2.60. The van der Waals surface area contributed by atoms with Crippen molar-refractivity contribution >= 4 is 21.8 Å². The first-order valence-corrected chi connectivity index (χ1v) is 9.36. The number of amides is 1. The molecule has 0 N–H and O–H groups in total. The Morgan fingerprint density at radius 3 is 2.71 bits per heavy atom. The predicted octanol–water partition coefficient (Wildman–Crippen LogP) is 3.92. The van der Waals surface area contributed by atoms with Crippen LogP contribution in [0, 0.1) is 5.92 Å². The van der Waals surface area contributed by atoms with E-state index in [0.29, 0.717) is 0 Å². The highest BCUT2D eigenvalue weighted by molar-refractivity contribution is 9.10. The Balaban J connectivity index is 1.56. The van der Waals surface area contributed by atoms with Crippen LogP contribution in [0.2, 0.25) is 0 Å². The Kier molecular flexibility index (Phi) is 5.55. The second kappa shape index (κ2) is 7.48. The summed E-state index contributed by atoms with van der Waals surface area (Å²) in [5.41, 5.74) is 1.22. The smallest absolute Gasteiger partial charge is 0.251 e. The molecule has 0 radical (unpaired) electrons. The first kappa shape index (κ1) is 17.8. The molecular formula is C18H23BrF2N2O. The number of benzene rings is 1. The number of piperidine rings is 2. The quantitative estimate of drug-likeness (QED) is 0.767. The summed E-state index contributed by atoms with van der Waals surface area (Å²) in [7, 11) is 0. The topological polar surface area (TPSA) is 23.6 Å². The molecule has 0 bridgehead atoms. The summed E-state index contributed by atoms with van der Waals surface area (Å²) in [6.07, 6.45) is 1.44. The van der Waals surface area contributed by atoms with Gasteiger partial charge < -0.3 is 4.90 Å². The Hall–Kier alpha value is -1.01. The largest absolute Gasteiger partial charge is 0.342 e. The maximum absolute atomic E-state index is 13.3. The molecule has 0 aromatic heterocycles. The fourth-order valence-electron chi connectivity index (χ4n) is 3.61. The van der Waals surface area contributed by atoms with Crippen LogP contribution in [0.5, 0.6) is 0 Å². The van der Waals surface area contributed by atoms with Crippen molar-refractivity contribution in [3.8, 4) is 0 Å². The van der Waals surface area contributed by atoms with E-state index in [1.807, 2.05) is 12.1 Å². The lowest BCUT2D eigenvalue weighted by molar-refractivity contribution is -0.143. The van der Waals surface area contributed by atoms with E-state index in [0.717, 1.165) is 36.9 Å². The molecule has 1 aromatic carbocycles. The molecule has 132 valence electrons. The second-order valence-electron chi connectivity index (χ2n) is 6.89. The Morgan fingerprint density at radius 1 is 1.25 bits per heavy atom. The Morgan fingerprint density at radius 2 is 2.00 bits per heavy atom. The highest BCUT2D eigenvalue weighted by Gasteiger charge is 2.38. The van der Waals surface area contributed by atoms with Crippen LogP contribution in [0.3, 0.4) is 0 Å². The normalized spacial score (nSPS) is 24.8. The van der Waals surface area contributed by atoms with Crippen molar-refractivity contribution in [1.29, 1.82) is 0 Å². The third-order valence-corrected chi connectivity index (χ3v) is 5.45. The molecule has 0 spiro atoms. The third-order valence-electron chi connectivity index (χ3n) is 4.96. The van der Waals surface area contributed by atoms with E-state index in [1.54, 1.807) is 4.90 Å². The summed E-state index contributed by atoms with van der Waals surface area (Å²) in [6, 6.07) is 8.19. The van der Waals surface area contributed by atoms with Crippen LogP contribution in [0.4, 0.5) is 8.78 Å². The first-order chi connectivity index (χ1) is 11.4. The van der Waals surface area contributed by atoms with Gasteiger partial charge >= 0.3 is 0 Å². The maximum atomic E-state index is 13.3. The van der Waals surface area contributed by atoms with E-state index in [-0.39, 0.29) is 37.8 Å². The lowest BCUT2D eigenvalue weighted by Crippen LogP contribution is -2.48. The predicted molar refractivity (Wildman–Crippen MR) is 92.9 cm³/mol. The third kappa shape index (κ3) is 4.54. The summed E-state index contributed by atoms with van der Waals surface area (Å²) in [6.45, 7) is 2.90. The summed E-state index contributed by atoms with van der Waals surface area (Å²) in [5, 5.41) is 0. The molecule has 2 saturated heterocycles. The molecule has 1 atom stereocenters. The molecule has 2 fully saturated rings. The van der Waals surface area contributed by atoms with Gasteiger partial charge in [-0.2, -0.15) is 0 Å². The fourth-order valence-corrected chi connectivity index (χ4v) is 4.05. The number of likely N-dealkylation sites (tertiary alicyclic amines) is 2. The average Bonchev–Trinajstić information content (AvgIpc) is 2.54. The molecule has 6 heteroatoms. The van der Waals surface area contributed by atoms with E-state index < -0.39 is 5.92 Å². The molecule has 0 aliphatic carbocycles. The highest BCUT2D eigenvalue weighted by Crippen LogP contribution is 2.29. The fraction of sp³-hybridized carbons (Fsp3) is 0.611. The van der Waals surface area contributed by atoms with Gasteiger partial charge in [0.2, 0.25) is 5.91 Å². The van der Waals surface area contributed by atoms with Gasteiger partial charge in [-0.05, 0) is 37.1 Å². The molecule has 1 amide bonds. The summed E-state index contributed by atoms with van der Waals surface area (Å²) in [4.78, 5) is 16.6. The Labute approximate surface area is 150 Å². The second-order valence-corrected chi connectivity index (χ2v) is 7.80. The van der Waals surface area contributed by atoms with Gasteiger partial charge in [0, 0.05) is 43.5 Å². The van der Waals surface area contributed by atoms with Crippen molar-refractivity contribution in [3.05, 3.63) is 34.3 Å². The van der Waals surface area contributed by atoms with Crippen molar-refractivity contribution in [2.75, 3.05) is 26.2 Å². The molecule has 2 aliphatic rings. The molecular weight excluding hydrogens is 378 g/mol. The molecule has 24 heavy (non-hydrogen) atoms. The minimum absolute atomic E-state index is 0.0578. The lowest BCUT2D eigenvalue weighted by Gasteiger charge is -2.37. The molecule has 3 nitrogen and oxygen atoms in total. The maximum Gasteiger partial charge on any atom is 0.251 e. The van der Waals surface area contributed by atoms with E-state index in [2.05, 4.69) is 33.0 Å². The molecule has 0 saturated carbocycles. The Bertz CT molecular complexity index is 586. The first-order valence-electron chi connectivity index (χ1n) is 8.56. The van der Waals surface area contributed by atoms with Gasteiger partial charge in [0.25, 0.3) is 5.92 Å².